The van der Waals surface area contributed by atoms with E-state index in [9.17, 15) is 9.18 Å². The molecule has 1 amide bonds. The number of hydrogen-bond acceptors (Lipinski definition) is 3. The fraction of sp³-hybridized carbons (Fsp3) is 0.238. The summed E-state index contributed by atoms with van der Waals surface area (Å²) >= 11 is 0. The number of carbonyl (C=O) groups is 1. The highest BCUT2D eigenvalue weighted by molar-refractivity contribution is 5.90. The van der Waals surface area contributed by atoms with Crippen molar-refractivity contribution in [3.8, 4) is 11.3 Å². The molecule has 0 spiro atoms. The molecular formula is C21H21FN2O2. The van der Waals surface area contributed by atoms with Crippen molar-refractivity contribution in [1.82, 2.24) is 4.98 Å². The lowest BCUT2D eigenvalue weighted by atomic mass is 10.0. The van der Waals surface area contributed by atoms with Gasteiger partial charge in [0.25, 0.3) is 0 Å². The molecule has 0 atom stereocenters. The number of nitrogens with one attached hydrogen (secondary N) is 1. The first-order valence-corrected chi connectivity index (χ1v) is 8.62. The van der Waals surface area contributed by atoms with Gasteiger partial charge in [-0.05, 0) is 35.7 Å². The zero-order valence-corrected chi connectivity index (χ0v) is 14.8. The molecule has 0 radical (unpaired) electrons. The summed E-state index contributed by atoms with van der Waals surface area (Å²) in [5.74, 6) is 1.18. The van der Waals surface area contributed by atoms with E-state index < -0.39 is 0 Å². The maximum atomic E-state index is 12.9. The van der Waals surface area contributed by atoms with Gasteiger partial charge in [0.05, 0.1) is 6.20 Å². The number of amides is 1. The van der Waals surface area contributed by atoms with Gasteiger partial charge in [0.1, 0.15) is 5.82 Å². The Hall–Kier alpha value is -2.95. The lowest BCUT2D eigenvalue weighted by Gasteiger charge is -2.05. The minimum Gasteiger partial charge on any atom is -0.441 e. The molecule has 5 heteroatoms. The third-order valence-corrected chi connectivity index (χ3v) is 4.11. The predicted octanol–water partition coefficient (Wildman–Crippen LogP) is 5.18. The predicted molar refractivity (Wildman–Crippen MR) is 99.4 cm³/mol. The molecule has 3 aromatic rings. The molecule has 0 unspecified atom stereocenters. The number of aryl methyl sites for hydroxylation is 1. The van der Waals surface area contributed by atoms with Gasteiger partial charge >= 0.3 is 0 Å². The molecule has 1 heterocycles. The summed E-state index contributed by atoms with van der Waals surface area (Å²) in [6.45, 7) is 4.30. The van der Waals surface area contributed by atoms with Gasteiger partial charge in [0.2, 0.25) is 5.91 Å². The summed E-state index contributed by atoms with van der Waals surface area (Å²) in [4.78, 5) is 16.2. The van der Waals surface area contributed by atoms with E-state index in [1.807, 2.05) is 12.1 Å². The smallest absolute Gasteiger partial charge is 0.224 e. The molecule has 0 aliphatic heterocycles. The molecule has 0 aliphatic rings. The Morgan fingerprint density at radius 3 is 2.46 bits per heavy atom. The third-order valence-electron chi connectivity index (χ3n) is 4.11. The molecule has 1 N–H and O–H groups in total. The number of rotatable bonds is 6. The van der Waals surface area contributed by atoms with E-state index in [4.69, 9.17) is 4.42 Å². The first-order chi connectivity index (χ1) is 12.5. The molecule has 134 valence electrons. The largest absolute Gasteiger partial charge is 0.441 e. The summed E-state index contributed by atoms with van der Waals surface area (Å²) in [7, 11) is 0. The van der Waals surface area contributed by atoms with Crippen molar-refractivity contribution < 1.29 is 13.6 Å². The third kappa shape index (κ3) is 4.57. The van der Waals surface area contributed by atoms with E-state index in [1.165, 1.54) is 29.8 Å². The second-order valence-corrected chi connectivity index (χ2v) is 6.45. The highest BCUT2D eigenvalue weighted by atomic mass is 19.1. The van der Waals surface area contributed by atoms with Crippen LogP contribution in [0.1, 0.15) is 37.6 Å². The number of anilines is 1. The van der Waals surface area contributed by atoms with Crippen LogP contribution in [0.25, 0.3) is 11.3 Å². The molecule has 0 saturated carbocycles. The van der Waals surface area contributed by atoms with Crippen LogP contribution < -0.4 is 5.32 Å². The van der Waals surface area contributed by atoms with E-state index in [-0.39, 0.29) is 18.1 Å². The van der Waals surface area contributed by atoms with Crippen LogP contribution in [0.3, 0.4) is 0 Å². The second-order valence-electron chi connectivity index (χ2n) is 6.45. The summed E-state index contributed by atoms with van der Waals surface area (Å²) < 4.78 is 18.6. The summed E-state index contributed by atoms with van der Waals surface area (Å²) in [6, 6.07) is 13.9. The minimum absolute atomic E-state index is 0.169. The average Bonchev–Trinajstić information content (AvgIpc) is 3.11. The van der Waals surface area contributed by atoms with Crippen LogP contribution in [0.4, 0.5) is 10.1 Å². The number of halogens is 1. The van der Waals surface area contributed by atoms with Gasteiger partial charge in [-0.1, -0.05) is 38.1 Å². The average molecular weight is 352 g/mol. The summed E-state index contributed by atoms with van der Waals surface area (Å²) in [6.07, 6.45) is 2.32. The number of oxazole rings is 1. The Labute approximate surface area is 152 Å². The standard InChI is InChI=1S/C21H21FN2O2/c1-14(2)15-3-5-16(6-4-15)19-13-23-21(26-19)12-11-20(25)24-18-9-7-17(22)8-10-18/h3-10,13-14H,11-12H2,1-2H3,(H,24,25). The number of nitrogens with zero attached hydrogens (tertiary/aromatic N) is 1. The van der Waals surface area contributed by atoms with Crippen molar-refractivity contribution in [3.63, 3.8) is 0 Å². The first kappa shape index (κ1) is 17.9. The molecule has 3 rings (SSSR count). The highest BCUT2D eigenvalue weighted by Crippen LogP contribution is 2.23. The maximum Gasteiger partial charge on any atom is 0.224 e. The van der Waals surface area contributed by atoms with Gasteiger partial charge < -0.3 is 9.73 Å². The molecule has 0 aliphatic carbocycles. The Bertz CT molecular complexity index is 868. The van der Waals surface area contributed by atoms with Crippen LogP contribution in [-0.2, 0) is 11.2 Å². The van der Waals surface area contributed by atoms with Crippen molar-refractivity contribution in [2.24, 2.45) is 0 Å². The number of carbonyl (C=O) groups excluding carboxylic acids is 1. The van der Waals surface area contributed by atoms with Gasteiger partial charge in [0.15, 0.2) is 11.7 Å². The normalized spacial score (nSPS) is 10.9. The lowest BCUT2D eigenvalue weighted by Crippen LogP contribution is -2.12. The maximum absolute atomic E-state index is 12.9. The van der Waals surface area contributed by atoms with Gasteiger partial charge in [-0.25, -0.2) is 9.37 Å². The van der Waals surface area contributed by atoms with E-state index in [2.05, 4.69) is 36.3 Å². The minimum atomic E-state index is -0.336. The Balaban J connectivity index is 1.56. The van der Waals surface area contributed by atoms with Crippen LogP contribution in [0.2, 0.25) is 0 Å². The molecule has 4 nitrogen and oxygen atoms in total. The molecule has 0 fully saturated rings. The molecule has 26 heavy (non-hydrogen) atoms. The van der Waals surface area contributed by atoms with Crippen molar-refractivity contribution in [2.45, 2.75) is 32.6 Å². The van der Waals surface area contributed by atoms with Gasteiger partial charge in [-0.3, -0.25) is 4.79 Å². The van der Waals surface area contributed by atoms with Gasteiger partial charge in [-0.15, -0.1) is 0 Å². The van der Waals surface area contributed by atoms with Crippen molar-refractivity contribution >= 4 is 11.6 Å². The van der Waals surface area contributed by atoms with E-state index in [0.717, 1.165) is 5.56 Å². The van der Waals surface area contributed by atoms with E-state index in [0.29, 0.717) is 29.7 Å². The van der Waals surface area contributed by atoms with Gasteiger partial charge in [0, 0.05) is 24.1 Å². The lowest BCUT2D eigenvalue weighted by molar-refractivity contribution is -0.116. The first-order valence-electron chi connectivity index (χ1n) is 8.62. The number of hydrogen-bond donors (Lipinski definition) is 1. The molecule has 0 saturated heterocycles. The number of benzene rings is 2. The van der Waals surface area contributed by atoms with Crippen LogP contribution >= 0.6 is 0 Å². The topological polar surface area (TPSA) is 55.1 Å². The SMILES string of the molecule is CC(C)c1ccc(-c2cnc(CCC(=O)Nc3ccc(F)cc3)o2)cc1. The Morgan fingerprint density at radius 2 is 1.81 bits per heavy atom. The zero-order chi connectivity index (χ0) is 18.5. The van der Waals surface area contributed by atoms with Gasteiger partial charge in [-0.2, -0.15) is 0 Å². The summed E-state index contributed by atoms with van der Waals surface area (Å²) in [5.41, 5.74) is 2.80. The van der Waals surface area contributed by atoms with Crippen molar-refractivity contribution in [3.05, 3.63) is 72.0 Å². The van der Waals surface area contributed by atoms with E-state index >= 15 is 0 Å². The Morgan fingerprint density at radius 1 is 1.12 bits per heavy atom. The molecule has 1 aromatic heterocycles. The van der Waals surface area contributed by atoms with Crippen molar-refractivity contribution in [1.29, 1.82) is 0 Å². The van der Waals surface area contributed by atoms with Crippen LogP contribution in [-0.4, -0.2) is 10.9 Å². The monoisotopic (exact) mass is 352 g/mol. The summed E-state index contributed by atoms with van der Waals surface area (Å²) in [5, 5.41) is 2.72. The fourth-order valence-electron chi connectivity index (χ4n) is 2.57. The highest BCUT2D eigenvalue weighted by Gasteiger charge is 2.10. The fourth-order valence-corrected chi connectivity index (χ4v) is 2.57. The Kier molecular flexibility index (Phi) is 5.46. The molecular weight excluding hydrogens is 331 g/mol. The van der Waals surface area contributed by atoms with E-state index in [1.54, 1.807) is 6.20 Å². The van der Waals surface area contributed by atoms with Crippen LogP contribution in [0.5, 0.6) is 0 Å². The second kappa shape index (κ2) is 7.95. The number of aromatic nitrogens is 1. The quantitative estimate of drug-likeness (QED) is 0.665. The van der Waals surface area contributed by atoms with Crippen LogP contribution in [0.15, 0.2) is 59.1 Å². The zero-order valence-electron chi connectivity index (χ0n) is 14.8. The van der Waals surface area contributed by atoms with Crippen molar-refractivity contribution in [2.75, 3.05) is 5.32 Å². The molecule has 0 bridgehead atoms. The van der Waals surface area contributed by atoms with Crippen LogP contribution in [0, 0.1) is 5.82 Å². The molecule has 2 aromatic carbocycles.